The number of amides is 2. The van der Waals surface area contributed by atoms with Crippen molar-refractivity contribution in [2.24, 2.45) is 0 Å². The minimum Gasteiger partial charge on any atom is -0.444 e. The van der Waals surface area contributed by atoms with Gasteiger partial charge in [0.1, 0.15) is 13.2 Å². The van der Waals surface area contributed by atoms with Crippen LogP contribution in [-0.2, 0) is 25.7 Å². The van der Waals surface area contributed by atoms with Crippen LogP contribution in [0.3, 0.4) is 0 Å². The third kappa shape index (κ3) is 9.19. The summed E-state index contributed by atoms with van der Waals surface area (Å²) in [5.74, 6) is 0. The van der Waals surface area contributed by atoms with E-state index < -0.39 is 39.0 Å². The molecule has 53 heavy (non-hydrogen) atoms. The third-order valence-electron chi connectivity index (χ3n) is 9.57. The normalized spacial score (nSPS) is 15.0. The first-order valence-corrected chi connectivity index (χ1v) is 18.8. The molecule has 3 aromatic rings. The number of aryl methyl sites for hydroxylation is 2. The Morgan fingerprint density at radius 2 is 1.32 bits per heavy atom. The number of aromatic nitrogens is 2. The number of hydrogen-bond acceptors (Lipinski definition) is 7. The molecular formula is C40H44F3N3O6S. The maximum Gasteiger partial charge on any atom is 0.435 e. The SMILES string of the molecule is CC(C)=C1CC=C(COC(=O)N(C(=O)OCC2=CCC(=C(C)C)CC2)S(=O)(=O)c2ccc(-n3nc(C(F)(F)F)cc3-c3cc(C)ccc3C)cc2)CC1. The third-order valence-corrected chi connectivity index (χ3v) is 11.2. The molecule has 0 unspecified atom stereocenters. The summed E-state index contributed by atoms with van der Waals surface area (Å²) < 4.78 is 81.4. The summed E-state index contributed by atoms with van der Waals surface area (Å²) in [5.41, 5.74) is 7.72. The fourth-order valence-electron chi connectivity index (χ4n) is 6.22. The molecule has 2 aliphatic carbocycles. The van der Waals surface area contributed by atoms with Crippen molar-refractivity contribution >= 4 is 22.2 Å². The van der Waals surface area contributed by atoms with Gasteiger partial charge >= 0.3 is 18.4 Å². The van der Waals surface area contributed by atoms with E-state index in [4.69, 9.17) is 9.47 Å². The molecule has 0 atom stereocenters. The highest BCUT2D eigenvalue weighted by atomic mass is 32.2. The molecule has 1 heterocycles. The fraction of sp³-hybridized carbons (Fsp3) is 0.375. The number of carbonyl (C=O) groups excluding carboxylic acids is 2. The lowest BCUT2D eigenvalue weighted by Gasteiger charge is -2.23. The predicted molar refractivity (Wildman–Crippen MR) is 196 cm³/mol. The molecule has 0 saturated carbocycles. The van der Waals surface area contributed by atoms with E-state index in [1.807, 2.05) is 52.8 Å². The number of sulfonamides is 1. The average molecular weight is 752 g/mol. The van der Waals surface area contributed by atoms with E-state index in [0.717, 1.165) is 52.4 Å². The van der Waals surface area contributed by atoms with Crippen LogP contribution in [0.15, 0.2) is 99.0 Å². The number of halogens is 3. The second-order valence-electron chi connectivity index (χ2n) is 13.9. The van der Waals surface area contributed by atoms with Gasteiger partial charge in [0.15, 0.2) is 5.69 Å². The fourth-order valence-corrected chi connectivity index (χ4v) is 7.41. The van der Waals surface area contributed by atoms with Crippen molar-refractivity contribution in [3.63, 3.8) is 0 Å². The molecule has 282 valence electrons. The topological polar surface area (TPSA) is 108 Å². The summed E-state index contributed by atoms with van der Waals surface area (Å²) >= 11 is 0. The second kappa shape index (κ2) is 16.0. The van der Waals surface area contributed by atoms with Crippen LogP contribution < -0.4 is 0 Å². The molecule has 9 nitrogen and oxygen atoms in total. The van der Waals surface area contributed by atoms with Crippen molar-refractivity contribution in [3.05, 3.63) is 111 Å². The van der Waals surface area contributed by atoms with E-state index in [2.05, 4.69) is 5.10 Å². The van der Waals surface area contributed by atoms with E-state index in [0.29, 0.717) is 36.8 Å². The Morgan fingerprint density at radius 3 is 1.77 bits per heavy atom. The quantitative estimate of drug-likeness (QED) is 0.211. The molecule has 0 fully saturated rings. The zero-order valence-corrected chi connectivity index (χ0v) is 31.6. The van der Waals surface area contributed by atoms with Gasteiger partial charge in [0.2, 0.25) is 0 Å². The molecule has 0 bridgehead atoms. The first-order valence-electron chi connectivity index (χ1n) is 17.4. The van der Waals surface area contributed by atoms with Gasteiger partial charge in [-0.3, -0.25) is 0 Å². The Labute approximate surface area is 308 Å². The molecule has 1 aromatic heterocycles. The Morgan fingerprint density at radius 1 is 0.792 bits per heavy atom. The molecule has 0 N–H and O–H groups in total. The van der Waals surface area contributed by atoms with E-state index in [-0.39, 0.29) is 28.9 Å². The number of hydrogen-bond donors (Lipinski definition) is 0. The minimum absolute atomic E-state index is 0.0327. The van der Waals surface area contributed by atoms with Gasteiger partial charge < -0.3 is 9.47 Å². The molecule has 0 spiro atoms. The lowest BCUT2D eigenvalue weighted by Crippen LogP contribution is -2.43. The minimum atomic E-state index is -4.92. The Kier molecular flexibility index (Phi) is 11.9. The van der Waals surface area contributed by atoms with Crippen molar-refractivity contribution in [1.82, 2.24) is 14.1 Å². The van der Waals surface area contributed by atoms with Crippen LogP contribution in [0.5, 0.6) is 0 Å². The number of benzene rings is 2. The molecule has 2 aromatic carbocycles. The largest absolute Gasteiger partial charge is 0.444 e. The average Bonchev–Trinajstić information content (AvgIpc) is 3.57. The van der Waals surface area contributed by atoms with Crippen LogP contribution in [-0.4, -0.2) is 47.9 Å². The van der Waals surface area contributed by atoms with Gasteiger partial charge in [0.25, 0.3) is 10.0 Å². The highest BCUT2D eigenvalue weighted by Crippen LogP contribution is 2.35. The smallest absolute Gasteiger partial charge is 0.435 e. The molecule has 2 aliphatic rings. The molecule has 0 saturated heterocycles. The number of ether oxygens (including phenoxy) is 2. The lowest BCUT2D eigenvalue weighted by atomic mass is 9.92. The van der Waals surface area contributed by atoms with Crippen molar-refractivity contribution < 1.29 is 40.7 Å². The van der Waals surface area contributed by atoms with E-state index >= 15 is 0 Å². The Hall–Kier alpha value is -4.91. The van der Waals surface area contributed by atoms with Gasteiger partial charge in [-0.15, -0.1) is 0 Å². The van der Waals surface area contributed by atoms with Crippen LogP contribution in [0.2, 0.25) is 0 Å². The maximum absolute atomic E-state index is 14.0. The van der Waals surface area contributed by atoms with Crippen molar-refractivity contribution in [1.29, 1.82) is 0 Å². The Bertz CT molecular complexity index is 2070. The van der Waals surface area contributed by atoms with Crippen LogP contribution in [0.25, 0.3) is 16.9 Å². The highest BCUT2D eigenvalue weighted by Gasteiger charge is 2.39. The number of allylic oxidation sites excluding steroid dienone is 6. The first kappa shape index (κ1) is 39.3. The van der Waals surface area contributed by atoms with E-state index in [1.54, 1.807) is 19.1 Å². The van der Waals surface area contributed by atoms with E-state index in [1.165, 1.54) is 34.4 Å². The number of nitrogens with zero attached hydrogens (tertiary/aromatic N) is 3. The summed E-state index contributed by atoms with van der Waals surface area (Å²) in [5, 5.41) is 3.82. The van der Waals surface area contributed by atoms with Gasteiger partial charge in [-0.05, 0) is 133 Å². The summed E-state index contributed by atoms with van der Waals surface area (Å²) in [4.78, 5) is 26.5. The van der Waals surface area contributed by atoms with Gasteiger partial charge in [-0.1, -0.05) is 56.4 Å². The Balaban J connectivity index is 1.45. The number of imide groups is 1. The summed E-state index contributed by atoms with van der Waals surface area (Å²) in [6, 6.07) is 11.0. The van der Waals surface area contributed by atoms with E-state index in [9.17, 15) is 31.2 Å². The van der Waals surface area contributed by atoms with Crippen LogP contribution in [0.4, 0.5) is 22.8 Å². The first-order chi connectivity index (χ1) is 24.9. The van der Waals surface area contributed by atoms with Crippen molar-refractivity contribution in [3.8, 4) is 16.9 Å². The molecule has 0 aliphatic heterocycles. The summed E-state index contributed by atoms with van der Waals surface area (Å²) in [6.07, 6.45) is 0.383. The van der Waals surface area contributed by atoms with Crippen LogP contribution >= 0.6 is 0 Å². The zero-order chi connectivity index (χ0) is 38.7. The molecule has 5 rings (SSSR count). The van der Waals surface area contributed by atoms with Gasteiger partial charge in [-0.25, -0.2) is 22.7 Å². The number of carbonyl (C=O) groups is 2. The summed E-state index contributed by atoms with van der Waals surface area (Å²) in [7, 11) is -4.92. The van der Waals surface area contributed by atoms with Gasteiger partial charge in [0.05, 0.1) is 16.3 Å². The molecule has 2 amide bonds. The molecular weight excluding hydrogens is 708 g/mol. The standard InChI is InChI=1S/C40H44F3N3O6S/c1-25(2)31-13-9-29(10-14-31)23-51-38(47)46(39(48)52-24-30-11-15-32(16-12-30)26(3)4)53(49,50)34-19-17-33(18-20-34)45-36(22-37(44-45)40(41,42)43)35-21-27(5)7-8-28(35)6/h7-9,11,17-22H,10,12-16,23-24H2,1-6H3. The van der Waals surface area contributed by atoms with Crippen molar-refractivity contribution in [2.45, 2.75) is 91.1 Å². The van der Waals surface area contributed by atoms with Crippen LogP contribution in [0.1, 0.15) is 83.0 Å². The molecule has 13 heteroatoms. The maximum atomic E-state index is 14.0. The van der Waals surface area contributed by atoms with Gasteiger partial charge in [-0.2, -0.15) is 18.3 Å². The lowest BCUT2D eigenvalue weighted by molar-refractivity contribution is -0.141. The molecule has 0 radical (unpaired) electrons. The monoisotopic (exact) mass is 751 g/mol. The number of rotatable bonds is 8. The predicted octanol–water partition coefficient (Wildman–Crippen LogP) is 10.3. The van der Waals surface area contributed by atoms with Crippen molar-refractivity contribution in [2.75, 3.05) is 13.2 Å². The van der Waals surface area contributed by atoms with Gasteiger partial charge in [0, 0.05) is 5.56 Å². The zero-order valence-electron chi connectivity index (χ0n) is 30.8. The number of alkyl halides is 3. The highest BCUT2D eigenvalue weighted by molar-refractivity contribution is 7.90. The van der Waals surface area contributed by atoms with Crippen LogP contribution in [0, 0.1) is 13.8 Å². The summed E-state index contributed by atoms with van der Waals surface area (Å²) in [6.45, 7) is 11.2. The second-order valence-corrected chi connectivity index (χ2v) is 15.6.